The van der Waals surface area contributed by atoms with Crippen molar-refractivity contribution < 1.29 is 43.9 Å². The summed E-state index contributed by atoms with van der Waals surface area (Å²) in [5.41, 5.74) is -4.01. The van der Waals surface area contributed by atoms with Crippen LogP contribution in [0.15, 0.2) is 21.8 Å². The Morgan fingerprint density at radius 3 is 1.48 bits per heavy atom. The molecule has 0 bridgehead atoms. The largest absolute Gasteiger partial charge is 0.432 e. The molecular weight excluding hydrogens is 416 g/mol. The van der Waals surface area contributed by atoms with Gasteiger partial charge in [-0.25, -0.2) is 4.39 Å². The molecule has 0 aromatic rings. The van der Waals surface area contributed by atoms with Gasteiger partial charge in [-0.3, -0.25) is 0 Å². The third-order valence-corrected chi connectivity index (χ3v) is 3.26. The zero-order valence-corrected chi connectivity index (χ0v) is 13.0. The highest BCUT2D eigenvalue weighted by atomic mass is 79.9. The van der Waals surface area contributed by atoms with Crippen molar-refractivity contribution >= 4 is 15.9 Å². The van der Waals surface area contributed by atoms with Crippen LogP contribution in [0, 0.1) is 5.92 Å². The van der Waals surface area contributed by atoms with E-state index in [-0.39, 0.29) is 6.92 Å². The predicted octanol–water partition coefficient (Wildman–Crippen LogP) is 5.53. The molecule has 0 aliphatic rings. The van der Waals surface area contributed by atoms with Crippen LogP contribution in [-0.2, 0) is 0 Å². The lowest BCUT2D eigenvalue weighted by molar-refractivity contribution is -0.352. The second-order valence-electron chi connectivity index (χ2n) is 4.52. The minimum Gasteiger partial charge on any atom is -0.398 e. The molecule has 0 fully saturated rings. The zero-order chi connectivity index (χ0) is 19.0. The molecule has 0 saturated carbocycles. The zero-order valence-electron chi connectivity index (χ0n) is 11.4. The summed E-state index contributed by atoms with van der Waals surface area (Å²) >= 11 is 2.53. The lowest BCUT2D eigenvalue weighted by atomic mass is 9.87. The van der Waals surface area contributed by atoms with E-state index in [0.717, 1.165) is 6.92 Å². The van der Waals surface area contributed by atoms with Crippen LogP contribution < -0.4 is 5.73 Å². The first-order chi connectivity index (χ1) is 9.87. The van der Waals surface area contributed by atoms with Gasteiger partial charge in [0.1, 0.15) is 0 Å². The molecule has 23 heavy (non-hydrogen) atoms. The third kappa shape index (κ3) is 4.54. The van der Waals surface area contributed by atoms with Gasteiger partial charge >= 0.3 is 24.2 Å². The van der Waals surface area contributed by atoms with Gasteiger partial charge in [-0.15, -0.1) is 0 Å². The summed E-state index contributed by atoms with van der Waals surface area (Å²) in [7, 11) is 0. The van der Waals surface area contributed by atoms with Crippen LogP contribution in [0.25, 0.3) is 0 Å². The van der Waals surface area contributed by atoms with Crippen LogP contribution in [0.5, 0.6) is 0 Å². The topological polar surface area (TPSA) is 26.0 Å². The lowest BCUT2D eigenvalue weighted by Gasteiger charge is -2.34. The maximum absolute atomic E-state index is 13.7. The number of nitrogens with two attached hydrogens (primary N) is 1. The molecule has 0 radical (unpaired) electrons. The quantitative estimate of drug-likeness (QED) is 0.467. The van der Waals surface area contributed by atoms with E-state index in [1.807, 2.05) is 0 Å². The van der Waals surface area contributed by atoms with Gasteiger partial charge in [0, 0.05) is 10.4 Å². The predicted molar refractivity (Wildman–Crippen MR) is 65.1 cm³/mol. The second kappa shape index (κ2) is 6.52. The van der Waals surface area contributed by atoms with E-state index in [1.165, 1.54) is 0 Å². The third-order valence-electron chi connectivity index (χ3n) is 2.84. The Morgan fingerprint density at radius 1 is 0.913 bits per heavy atom. The first kappa shape index (κ1) is 22.1. The summed E-state index contributed by atoms with van der Waals surface area (Å²) in [6.07, 6.45) is -18.9. The Labute approximate surface area is 132 Å². The maximum atomic E-state index is 13.7. The summed E-state index contributed by atoms with van der Waals surface area (Å²) in [5.74, 6) is -3.23. The normalized spacial score (nSPS) is 17.9. The van der Waals surface area contributed by atoms with Crippen LogP contribution in [0.4, 0.5) is 43.9 Å². The van der Waals surface area contributed by atoms with Crippen molar-refractivity contribution in [3.63, 3.8) is 0 Å². The number of hydrogen-bond acceptors (Lipinski definition) is 1. The highest BCUT2D eigenvalue weighted by Gasteiger charge is 2.74. The summed E-state index contributed by atoms with van der Waals surface area (Å²) in [5, 5.41) is 0. The van der Waals surface area contributed by atoms with Crippen molar-refractivity contribution in [3.05, 3.63) is 21.8 Å². The van der Waals surface area contributed by atoms with Crippen LogP contribution in [0.2, 0.25) is 0 Å². The van der Waals surface area contributed by atoms with Crippen molar-refractivity contribution in [2.45, 2.75) is 38.0 Å². The molecule has 1 nitrogen and oxygen atoms in total. The van der Waals surface area contributed by atoms with Crippen molar-refractivity contribution in [3.8, 4) is 0 Å². The number of hydrogen-bond donors (Lipinski definition) is 1. The van der Waals surface area contributed by atoms with Crippen molar-refractivity contribution in [1.82, 2.24) is 0 Å². The van der Waals surface area contributed by atoms with Crippen LogP contribution >= 0.6 is 15.9 Å². The van der Waals surface area contributed by atoms with Gasteiger partial charge in [-0.05, 0) is 6.92 Å². The van der Waals surface area contributed by atoms with Crippen molar-refractivity contribution in [1.29, 1.82) is 0 Å². The highest BCUT2D eigenvalue weighted by Crippen LogP contribution is 2.51. The van der Waals surface area contributed by atoms with Gasteiger partial charge in [0.05, 0.1) is 11.3 Å². The van der Waals surface area contributed by atoms with Gasteiger partial charge in [-0.2, -0.15) is 39.5 Å². The Kier molecular flexibility index (Phi) is 6.25. The SMILES string of the molecule is C/C(Br)=C(N)\C(=C/C(C)C(F)(C(F)(F)F)C(F)(F)F)C(F)(F)F. The fraction of sp³-hybridized carbons (Fsp3) is 0.636. The standard InChI is InChI=1S/C11H10BrF10N/c1-4(8(13,10(17,18)19)11(20,21)22)3-6(9(14,15)16)7(23)5(2)12/h3-4H,23H2,1-2H3/b6-3+,7-5-. The van der Waals surface area contributed by atoms with E-state index in [4.69, 9.17) is 5.73 Å². The van der Waals surface area contributed by atoms with Crippen molar-refractivity contribution in [2.24, 2.45) is 11.7 Å². The average Bonchev–Trinajstić information content (AvgIpc) is 2.29. The molecular formula is C11H10BrF10N. The van der Waals surface area contributed by atoms with E-state index in [1.54, 1.807) is 0 Å². The molecule has 136 valence electrons. The maximum Gasteiger partial charge on any atom is 0.432 e. The molecule has 1 atom stereocenters. The first-order valence-corrected chi connectivity index (χ1v) is 6.40. The fourth-order valence-electron chi connectivity index (χ4n) is 1.56. The van der Waals surface area contributed by atoms with Gasteiger partial charge in [0.25, 0.3) is 0 Å². The number of rotatable bonds is 3. The van der Waals surface area contributed by atoms with Gasteiger partial charge in [0.15, 0.2) is 0 Å². The smallest absolute Gasteiger partial charge is 0.398 e. The summed E-state index contributed by atoms with van der Waals surface area (Å²) < 4.78 is 127. The van der Waals surface area contributed by atoms with Crippen LogP contribution in [0.1, 0.15) is 13.8 Å². The summed E-state index contributed by atoms with van der Waals surface area (Å²) in [6.45, 7) is 1.01. The highest BCUT2D eigenvalue weighted by molar-refractivity contribution is 9.11. The van der Waals surface area contributed by atoms with E-state index in [2.05, 4.69) is 15.9 Å². The molecule has 12 heteroatoms. The fourth-order valence-corrected chi connectivity index (χ4v) is 1.78. The molecule has 0 amide bonds. The molecule has 0 spiro atoms. The van der Waals surface area contributed by atoms with Crippen molar-refractivity contribution in [2.75, 3.05) is 0 Å². The molecule has 0 heterocycles. The summed E-state index contributed by atoms with van der Waals surface area (Å²) in [6, 6.07) is 0. The minimum atomic E-state index is -6.47. The average molecular weight is 426 g/mol. The summed E-state index contributed by atoms with van der Waals surface area (Å²) in [4.78, 5) is 0. The molecule has 2 N–H and O–H groups in total. The second-order valence-corrected chi connectivity index (χ2v) is 5.71. The van der Waals surface area contributed by atoms with Gasteiger partial charge < -0.3 is 5.73 Å². The van der Waals surface area contributed by atoms with Crippen LogP contribution in [0.3, 0.4) is 0 Å². The molecule has 0 aromatic carbocycles. The minimum absolute atomic E-state index is 0.0313. The van der Waals surface area contributed by atoms with Gasteiger partial charge in [0.2, 0.25) is 0 Å². The van der Waals surface area contributed by atoms with Crippen LogP contribution in [-0.4, -0.2) is 24.2 Å². The number of halogens is 11. The molecule has 0 aliphatic heterocycles. The molecule has 0 saturated heterocycles. The first-order valence-electron chi connectivity index (χ1n) is 5.61. The lowest BCUT2D eigenvalue weighted by Crippen LogP contribution is -2.57. The molecule has 1 unspecified atom stereocenters. The Hall–Kier alpha value is -0.940. The van der Waals surface area contributed by atoms with E-state index in [0.29, 0.717) is 0 Å². The van der Waals surface area contributed by atoms with E-state index in [9.17, 15) is 43.9 Å². The Bertz CT molecular complexity index is 478. The van der Waals surface area contributed by atoms with E-state index < -0.39 is 51.9 Å². The Balaban J connectivity index is 6.35. The van der Waals surface area contributed by atoms with E-state index >= 15 is 0 Å². The molecule has 0 aliphatic carbocycles. The molecule has 0 aromatic heterocycles. The monoisotopic (exact) mass is 425 g/mol. The van der Waals surface area contributed by atoms with Gasteiger partial charge in [-0.1, -0.05) is 28.9 Å². The Morgan fingerprint density at radius 2 is 1.26 bits per heavy atom. The number of allylic oxidation sites excluding steroid dienone is 3. The molecule has 0 rings (SSSR count). The number of alkyl halides is 10.